The summed E-state index contributed by atoms with van der Waals surface area (Å²) in [7, 11) is 0. The molecule has 0 unspecified atom stereocenters. The van der Waals surface area contributed by atoms with E-state index in [2.05, 4.69) is 41.5 Å². The number of aromatic nitrogens is 2. The van der Waals surface area contributed by atoms with Gasteiger partial charge in [-0.1, -0.05) is 52.8 Å². The fourth-order valence-electron chi connectivity index (χ4n) is 3.32. The predicted molar refractivity (Wildman–Crippen MR) is 117 cm³/mol. The van der Waals surface area contributed by atoms with Gasteiger partial charge in [0.05, 0.1) is 22.0 Å². The van der Waals surface area contributed by atoms with Crippen LogP contribution < -0.4 is 5.32 Å². The van der Waals surface area contributed by atoms with E-state index in [9.17, 15) is 4.79 Å². The quantitative estimate of drug-likeness (QED) is 0.381. The number of carbonyl (C=O) groups excluding carboxylic acids is 1. The molecule has 0 radical (unpaired) electrons. The van der Waals surface area contributed by atoms with Gasteiger partial charge in [-0.15, -0.1) is 0 Å². The Hall–Kier alpha value is -3.09. The van der Waals surface area contributed by atoms with Gasteiger partial charge in [-0.25, -0.2) is 4.98 Å². The van der Waals surface area contributed by atoms with E-state index in [1.54, 1.807) is 18.4 Å². The van der Waals surface area contributed by atoms with Crippen molar-refractivity contribution < 1.29 is 9.21 Å². The van der Waals surface area contributed by atoms with E-state index in [1.165, 1.54) is 16.9 Å². The molecule has 0 saturated carbocycles. The standard InChI is InChI=1S/C22H16ClN3O2S/c1-13-2-4-14(5-3-13)12-26-17-8-9-28-19(17)11-18(26)21(27)25-22-24-16-7-6-15(23)10-20(16)29-22/h2-11H,12H2,1H3,(H,24,25,27). The molecule has 2 aromatic carbocycles. The van der Waals surface area contributed by atoms with Crippen molar-refractivity contribution in [2.24, 2.45) is 0 Å². The first-order valence-corrected chi connectivity index (χ1v) is 10.3. The highest BCUT2D eigenvalue weighted by atomic mass is 35.5. The van der Waals surface area contributed by atoms with Crippen molar-refractivity contribution in [2.45, 2.75) is 13.5 Å². The van der Waals surface area contributed by atoms with Crippen LogP contribution in [0.25, 0.3) is 21.3 Å². The molecule has 0 spiro atoms. The number of nitrogens with zero attached hydrogens (tertiary/aromatic N) is 2. The molecule has 1 amide bonds. The number of amides is 1. The van der Waals surface area contributed by atoms with Crippen LogP contribution in [-0.4, -0.2) is 15.5 Å². The first-order chi connectivity index (χ1) is 14.1. The van der Waals surface area contributed by atoms with Crippen molar-refractivity contribution >= 4 is 55.3 Å². The van der Waals surface area contributed by atoms with Gasteiger partial charge in [-0.05, 0) is 30.7 Å². The van der Waals surface area contributed by atoms with Gasteiger partial charge in [-0.2, -0.15) is 0 Å². The molecule has 0 atom stereocenters. The minimum Gasteiger partial charge on any atom is -0.463 e. The number of carbonyl (C=O) groups is 1. The molecule has 5 nitrogen and oxygen atoms in total. The zero-order chi connectivity index (χ0) is 20.0. The number of halogens is 1. The summed E-state index contributed by atoms with van der Waals surface area (Å²) in [5, 5.41) is 4.10. The molecule has 5 rings (SSSR count). The largest absolute Gasteiger partial charge is 0.463 e. The highest BCUT2D eigenvalue weighted by molar-refractivity contribution is 7.22. The van der Waals surface area contributed by atoms with Crippen LogP contribution in [0.15, 0.2) is 65.3 Å². The van der Waals surface area contributed by atoms with Crippen LogP contribution in [0.3, 0.4) is 0 Å². The van der Waals surface area contributed by atoms with Gasteiger partial charge >= 0.3 is 0 Å². The Kier molecular flexibility index (Phi) is 4.38. The second-order valence-electron chi connectivity index (χ2n) is 6.86. The Bertz CT molecular complexity index is 1350. The Morgan fingerprint density at radius 3 is 2.83 bits per heavy atom. The number of benzene rings is 2. The van der Waals surface area contributed by atoms with Crippen LogP contribution in [0.1, 0.15) is 21.6 Å². The molecule has 0 aliphatic carbocycles. The Morgan fingerprint density at radius 2 is 2.00 bits per heavy atom. The highest BCUT2D eigenvalue weighted by Crippen LogP contribution is 2.29. The second-order valence-corrected chi connectivity index (χ2v) is 8.32. The third-order valence-corrected chi connectivity index (χ3v) is 5.96. The molecule has 3 aromatic heterocycles. The summed E-state index contributed by atoms with van der Waals surface area (Å²) >= 11 is 7.44. The normalized spacial score (nSPS) is 11.4. The third-order valence-electron chi connectivity index (χ3n) is 4.79. The van der Waals surface area contributed by atoms with Crippen molar-refractivity contribution in [3.63, 3.8) is 0 Å². The number of anilines is 1. The van der Waals surface area contributed by atoms with Gasteiger partial charge in [0.1, 0.15) is 5.69 Å². The Morgan fingerprint density at radius 1 is 1.17 bits per heavy atom. The molecule has 29 heavy (non-hydrogen) atoms. The number of nitrogens with one attached hydrogen (secondary N) is 1. The number of furan rings is 1. The summed E-state index contributed by atoms with van der Waals surface area (Å²) in [6, 6.07) is 17.4. The van der Waals surface area contributed by atoms with Crippen molar-refractivity contribution in [3.8, 4) is 0 Å². The van der Waals surface area contributed by atoms with Crippen LogP contribution in [-0.2, 0) is 6.54 Å². The van der Waals surface area contributed by atoms with Crippen LogP contribution >= 0.6 is 22.9 Å². The van der Waals surface area contributed by atoms with Crippen molar-refractivity contribution in [1.29, 1.82) is 0 Å². The average Bonchev–Trinajstić information content (AvgIpc) is 3.38. The van der Waals surface area contributed by atoms with E-state index in [4.69, 9.17) is 16.0 Å². The molecule has 3 heterocycles. The molecule has 0 bridgehead atoms. The fraction of sp³-hybridized carbons (Fsp3) is 0.0909. The van der Waals surface area contributed by atoms with Gasteiger partial charge in [0.2, 0.25) is 0 Å². The van der Waals surface area contributed by atoms with Crippen LogP contribution in [0, 0.1) is 6.92 Å². The molecule has 0 aliphatic rings. The molecule has 0 saturated heterocycles. The summed E-state index contributed by atoms with van der Waals surface area (Å²) < 4.78 is 8.42. The molecule has 0 fully saturated rings. The fourth-order valence-corrected chi connectivity index (χ4v) is 4.46. The summed E-state index contributed by atoms with van der Waals surface area (Å²) in [4.78, 5) is 17.5. The maximum Gasteiger partial charge on any atom is 0.274 e. The minimum atomic E-state index is -0.228. The van der Waals surface area contributed by atoms with Gasteiger partial charge in [0.15, 0.2) is 10.7 Å². The molecule has 144 valence electrons. The maximum atomic E-state index is 13.1. The number of thiazole rings is 1. The predicted octanol–water partition coefficient (Wildman–Crippen LogP) is 6.11. The van der Waals surface area contributed by atoms with E-state index >= 15 is 0 Å². The lowest BCUT2D eigenvalue weighted by atomic mass is 10.1. The SMILES string of the molecule is Cc1ccc(Cn2c(C(=O)Nc3nc4ccc(Cl)cc4s3)cc3occc32)cc1. The lowest BCUT2D eigenvalue weighted by Crippen LogP contribution is -2.17. The summed E-state index contributed by atoms with van der Waals surface area (Å²) in [6.07, 6.45) is 1.63. The number of aryl methyl sites for hydroxylation is 1. The van der Waals surface area contributed by atoms with Crippen LogP contribution in [0.2, 0.25) is 5.02 Å². The Balaban J connectivity index is 1.49. The van der Waals surface area contributed by atoms with E-state index < -0.39 is 0 Å². The third kappa shape index (κ3) is 3.41. The van der Waals surface area contributed by atoms with Gasteiger partial charge in [0.25, 0.3) is 5.91 Å². The molecular formula is C22H16ClN3O2S. The smallest absolute Gasteiger partial charge is 0.274 e. The molecular weight excluding hydrogens is 406 g/mol. The summed E-state index contributed by atoms with van der Waals surface area (Å²) in [5.74, 6) is -0.228. The lowest BCUT2D eigenvalue weighted by Gasteiger charge is -2.10. The first kappa shape index (κ1) is 18.0. The average molecular weight is 422 g/mol. The van der Waals surface area contributed by atoms with Crippen molar-refractivity contribution in [2.75, 3.05) is 5.32 Å². The molecule has 5 aromatic rings. The Labute approximate surface area is 175 Å². The van der Waals surface area contributed by atoms with Crippen molar-refractivity contribution in [3.05, 3.63) is 82.7 Å². The number of hydrogen-bond donors (Lipinski definition) is 1. The molecule has 7 heteroatoms. The zero-order valence-electron chi connectivity index (χ0n) is 15.5. The topological polar surface area (TPSA) is 60.1 Å². The minimum absolute atomic E-state index is 0.228. The lowest BCUT2D eigenvalue weighted by molar-refractivity contribution is 0.101. The van der Waals surface area contributed by atoms with E-state index in [0.29, 0.717) is 28.0 Å². The van der Waals surface area contributed by atoms with Crippen LogP contribution in [0.5, 0.6) is 0 Å². The van der Waals surface area contributed by atoms with E-state index in [0.717, 1.165) is 21.3 Å². The van der Waals surface area contributed by atoms with Crippen LogP contribution in [0.4, 0.5) is 5.13 Å². The maximum absolute atomic E-state index is 13.1. The summed E-state index contributed by atoms with van der Waals surface area (Å²) in [5.41, 5.74) is 5.20. The van der Waals surface area contributed by atoms with E-state index in [1.807, 2.05) is 22.8 Å². The molecule has 0 aliphatic heterocycles. The van der Waals surface area contributed by atoms with Gasteiger partial charge < -0.3 is 8.98 Å². The van der Waals surface area contributed by atoms with Gasteiger partial charge in [-0.3, -0.25) is 10.1 Å². The van der Waals surface area contributed by atoms with Gasteiger partial charge in [0, 0.05) is 23.7 Å². The molecule has 1 N–H and O–H groups in total. The highest BCUT2D eigenvalue weighted by Gasteiger charge is 2.19. The zero-order valence-corrected chi connectivity index (χ0v) is 17.1. The summed E-state index contributed by atoms with van der Waals surface area (Å²) in [6.45, 7) is 2.62. The van der Waals surface area contributed by atoms with Crippen molar-refractivity contribution in [1.82, 2.24) is 9.55 Å². The number of fused-ring (bicyclic) bond motifs is 2. The van der Waals surface area contributed by atoms with E-state index in [-0.39, 0.29) is 5.91 Å². The second kappa shape index (κ2) is 7.06. The first-order valence-electron chi connectivity index (χ1n) is 9.06. The monoisotopic (exact) mass is 421 g/mol. The number of hydrogen-bond acceptors (Lipinski definition) is 4. The number of rotatable bonds is 4.